The Labute approximate surface area is 155 Å². The van der Waals surface area contributed by atoms with Crippen molar-refractivity contribution in [2.24, 2.45) is 10.7 Å². The maximum atomic E-state index is 6.11. The van der Waals surface area contributed by atoms with E-state index < -0.39 is 5.66 Å². The maximum absolute atomic E-state index is 6.11. The largest absolute Gasteiger partial charge is 0.489 e. The van der Waals surface area contributed by atoms with E-state index in [1.54, 1.807) is 30.6 Å². The zero-order valence-corrected chi connectivity index (χ0v) is 15.2. The molecule has 0 aliphatic carbocycles. The second-order valence-corrected chi connectivity index (χ2v) is 6.26. The molecule has 1 atom stereocenters. The summed E-state index contributed by atoms with van der Waals surface area (Å²) in [5.74, 6) is 0.649. The van der Waals surface area contributed by atoms with E-state index >= 15 is 0 Å². The molecule has 1 aromatic heterocycles. The number of halogens is 2. The molecule has 0 saturated heterocycles. The van der Waals surface area contributed by atoms with Gasteiger partial charge in [0.2, 0.25) is 0 Å². The van der Waals surface area contributed by atoms with Crippen LogP contribution in [0.5, 0.6) is 11.8 Å². The minimum atomic E-state index is -0.850. The lowest BCUT2D eigenvalue weighted by atomic mass is 10.1. The average Bonchev–Trinajstić information content (AvgIpc) is 3.24. The molecule has 1 unspecified atom stereocenters. The van der Waals surface area contributed by atoms with Crippen LogP contribution >= 0.6 is 23.2 Å². The third kappa shape index (κ3) is 3.76. The van der Waals surface area contributed by atoms with Gasteiger partial charge in [-0.3, -0.25) is 5.73 Å². The fourth-order valence-corrected chi connectivity index (χ4v) is 2.66. The monoisotopic (exact) mass is 378 g/mol. The number of nitrogens with zero attached hydrogens (tertiary/aromatic N) is 3. The third-order valence-corrected chi connectivity index (χ3v) is 4.44. The summed E-state index contributed by atoms with van der Waals surface area (Å²) in [6.07, 6.45) is 5.15. The summed E-state index contributed by atoms with van der Waals surface area (Å²) >= 11 is 12.0. The van der Waals surface area contributed by atoms with Crippen LogP contribution in [0.25, 0.3) is 11.1 Å². The molecule has 3 rings (SSSR count). The van der Waals surface area contributed by atoms with Crippen LogP contribution in [0.4, 0.5) is 0 Å². The van der Waals surface area contributed by atoms with Crippen molar-refractivity contribution in [3.8, 4) is 22.9 Å². The van der Waals surface area contributed by atoms with Gasteiger partial charge in [0.05, 0.1) is 7.11 Å². The van der Waals surface area contributed by atoms with E-state index in [4.69, 9.17) is 38.4 Å². The molecule has 130 valence electrons. The third-order valence-electron chi connectivity index (χ3n) is 3.83. The van der Waals surface area contributed by atoms with Crippen molar-refractivity contribution >= 4 is 28.4 Å². The quantitative estimate of drug-likeness (QED) is 0.778. The molecular weight excluding hydrogens is 363 g/mol. The first-order valence-electron chi connectivity index (χ1n) is 7.44. The molecular formula is C17H16Cl2N4O2. The number of ether oxygens (including phenoxy) is 2. The van der Waals surface area contributed by atoms with E-state index in [2.05, 4.69) is 15.0 Å². The zero-order chi connectivity index (χ0) is 18.0. The normalized spacial score (nSPS) is 19.4. The molecule has 8 heteroatoms. The van der Waals surface area contributed by atoms with Crippen molar-refractivity contribution in [1.29, 1.82) is 0 Å². The van der Waals surface area contributed by atoms with Crippen LogP contribution in [0.3, 0.4) is 0 Å². The van der Waals surface area contributed by atoms with Crippen LogP contribution in [0, 0.1) is 0 Å². The van der Waals surface area contributed by atoms with Gasteiger partial charge in [-0.2, -0.15) is 0 Å². The second-order valence-electron chi connectivity index (χ2n) is 5.47. The molecule has 25 heavy (non-hydrogen) atoms. The highest BCUT2D eigenvalue weighted by atomic mass is 35.5. The van der Waals surface area contributed by atoms with Gasteiger partial charge >= 0.3 is 6.01 Å². The average molecular weight is 379 g/mol. The van der Waals surface area contributed by atoms with E-state index in [1.807, 2.05) is 13.0 Å². The summed E-state index contributed by atoms with van der Waals surface area (Å²) in [5.41, 5.74) is 7.51. The van der Waals surface area contributed by atoms with Crippen molar-refractivity contribution in [1.82, 2.24) is 9.97 Å². The molecule has 6 nitrogen and oxygen atoms in total. The van der Waals surface area contributed by atoms with Crippen molar-refractivity contribution in [3.05, 3.63) is 47.3 Å². The Morgan fingerprint density at radius 3 is 2.56 bits per heavy atom. The molecule has 1 aromatic carbocycles. The predicted molar refractivity (Wildman–Crippen MR) is 98.5 cm³/mol. The minimum absolute atomic E-state index is 0.293. The van der Waals surface area contributed by atoms with Crippen LogP contribution in [-0.2, 0) is 0 Å². The van der Waals surface area contributed by atoms with Crippen molar-refractivity contribution in [2.45, 2.75) is 12.6 Å². The maximum Gasteiger partial charge on any atom is 0.316 e. The number of hydrogen-bond acceptors (Lipinski definition) is 6. The number of rotatable bonds is 6. The number of nitrogens with two attached hydrogens (primary N) is 1. The highest BCUT2D eigenvalue weighted by Crippen LogP contribution is 2.34. The fraction of sp³-hybridized carbons (Fsp3) is 0.235. The van der Waals surface area contributed by atoms with Gasteiger partial charge in [-0.1, -0.05) is 23.2 Å². The van der Waals surface area contributed by atoms with Gasteiger partial charge < -0.3 is 9.47 Å². The van der Waals surface area contributed by atoms with E-state index in [-0.39, 0.29) is 0 Å². The van der Waals surface area contributed by atoms with Gasteiger partial charge in [0.15, 0.2) is 5.66 Å². The Kier molecular flexibility index (Phi) is 4.94. The Morgan fingerprint density at radius 1 is 1.28 bits per heavy atom. The summed E-state index contributed by atoms with van der Waals surface area (Å²) in [4.78, 5) is 12.2. The molecule has 0 spiro atoms. The number of benzene rings is 1. The van der Waals surface area contributed by atoms with Gasteiger partial charge in [-0.15, -0.1) is 0 Å². The van der Waals surface area contributed by atoms with Gasteiger partial charge in [-0.25, -0.2) is 15.0 Å². The first kappa shape index (κ1) is 17.7. The van der Waals surface area contributed by atoms with Gasteiger partial charge in [0.25, 0.3) is 0 Å². The Morgan fingerprint density at radius 2 is 1.96 bits per heavy atom. The van der Waals surface area contributed by atoms with Crippen LogP contribution in [-0.4, -0.2) is 34.5 Å². The van der Waals surface area contributed by atoms with Crippen molar-refractivity contribution < 1.29 is 9.47 Å². The molecule has 2 N–H and O–H groups in total. The van der Waals surface area contributed by atoms with E-state index in [0.717, 1.165) is 16.7 Å². The lowest BCUT2D eigenvalue weighted by Gasteiger charge is -2.12. The first-order valence-corrected chi connectivity index (χ1v) is 8.20. The Hall–Kier alpha value is -2.15. The van der Waals surface area contributed by atoms with Gasteiger partial charge in [0, 0.05) is 28.5 Å². The van der Waals surface area contributed by atoms with Gasteiger partial charge in [0.1, 0.15) is 17.5 Å². The molecule has 0 radical (unpaired) electrons. The molecule has 1 aliphatic heterocycles. The second kappa shape index (κ2) is 7.00. The van der Waals surface area contributed by atoms with Crippen molar-refractivity contribution in [3.63, 3.8) is 0 Å². The van der Waals surface area contributed by atoms with Crippen LogP contribution in [0.1, 0.15) is 6.92 Å². The molecule has 2 aromatic rings. The SMILES string of the molecule is COc1ncc(-c2cc(Cl)ccc2OC/C=C(/C)C2(N)N=C2Cl)cn1. The summed E-state index contributed by atoms with van der Waals surface area (Å²) in [6.45, 7) is 2.18. The minimum Gasteiger partial charge on any atom is -0.489 e. The predicted octanol–water partition coefficient (Wildman–Crippen LogP) is 3.44. The fourth-order valence-electron chi connectivity index (χ4n) is 2.20. The highest BCUT2D eigenvalue weighted by molar-refractivity contribution is 6.72. The topological polar surface area (TPSA) is 82.6 Å². The smallest absolute Gasteiger partial charge is 0.316 e. The molecule has 1 aliphatic rings. The number of aliphatic imine (C=N–C) groups is 1. The highest BCUT2D eigenvalue weighted by Gasteiger charge is 2.43. The molecule has 0 fully saturated rings. The summed E-state index contributed by atoms with van der Waals surface area (Å²) < 4.78 is 10.8. The van der Waals surface area contributed by atoms with Crippen LogP contribution in [0.15, 0.2) is 47.2 Å². The molecule has 0 amide bonds. The molecule has 0 bridgehead atoms. The van der Waals surface area contributed by atoms with E-state index in [0.29, 0.717) is 28.6 Å². The zero-order valence-electron chi connectivity index (χ0n) is 13.7. The van der Waals surface area contributed by atoms with E-state index in [1.165, 1.54) is 7.11 Å². The Bertz CT molecular complexity index is 852. The van der Waals surface area contributed by atoms with Gasteiger partial charge in [-0.05, 0) is 36.8 Å². The summed E-state index contributed by atoms with van der Waals surface area (Å²) in [7, 11) is 1.51. The van der Waals surface area contributed by atoms with Crippen LogP contribution in [0.2, 0.25) is 5.02 Å². The van der Waals surface area contributed by atoms with Crippen molar-refractivity contribution in [2.75, 3.05) is 13.7 Å². The van der Waals surface area contributed by atoms with E-state index in [9.17, 15) is 0 Å². The first-order chi connectivity index (χ1) is 11.9. The molecule has 2 heterocycles. The summed E-state index contributed by atoms with van der Waals surface area (Å²) in [5, 5.41) is 0.993. The summed E-state index contributed by atoms with van der Waals surface area (Å²) in [6, 6.07) is 5.64. The number of hydrogen-bond donors (Lipinski definition) is 1. The standard InChI is InChI=1S/C17H16Cl2N4O2/c1-10(17(20)15(19)23-17)5-6-25-14-4-3-12(18)7-13(14)11-8-21-16(24-2)22-9-11/h3-5,7-9H,6,20H2,1-2H3/b10-5-. The number of methoxy groups -OCH3 is 1. The lowest BCUT2D eigenvalue weighted by molar-refractivity contribution is 0.362. The van der Waals surface area contributed by atoms with Crippen LogP contribution < -0.4 is 15.2 Å². The lowest BCUT2D eigenvalue weighted by Crippen LogP contribution is -2.30. The Balaban J connectivity index is 1.78. The molecule has 0 saturated carbocycles. The number of aromatic nitrogens is 2.